The Morgan fingerprint density at radius 3 is 1.12 bits per heavy atom. The molecule has 0 heterocycles. The van der Waals surface area contributed by atoms with Gasteiger partial charge in [0.15, 0.2) is 0 Å². The minimum absolute atomic E-state index is 0.257. The predicted octanol–water partition coefficient (Wildman–Crippen LogP) is 13.1. The van der Waals surface area contributed by atoms with Crippen molar-refractivity contribution in [1.29, 1.82) is 0 Å². The Kier molecular flexibility index (Phi) is 31.3. The number of ether oxygens (including phenoxy) is 2. The molecule has 4 rings (SSSR count). The third kappa shape index (κ3) is 25.5. The molecule has 0 spiro atoms. The van der Waals surface area contributed by atoms with Crippen molar-refractivity contribution < 1.29 is 39.5 Å². The van der Waals surface area contributed by atoms with Crippen molar-refractivity contribution in [2.45, 2.75) is 165 Å². The van der Waals surface area contributed by atoms with E-state index in [4.69, 9.17) is 14.6 Å². The first-order chi connectivity index (χ1) is 33.2. The zero-order chi connectivity index (χ0) is 48.9. The summed E-state index contributed by atoms with van der Waals surface area (Å²) in [6.45, 7) is 4.04. The fourth-order valence-electron chi connectivity index (χ4n) is 8.71. The number of esters is 2. The van der Waals surface area contributed by atoms with Crippen molar-refractivity contribution >= 4 is 11.9 Å². The molecule has 0 radical (unpaired) electrons. The monoisotopic (exact) mass is 933 g/mol. The molecule has 372 valence electrons. The Balaban J connectivity index is 0.000000376. The predicted molar refractivity (Wildman–Crippen MR) is 278 cm³/mol. The first kappa shape index (κ1) is 57.5. The molecule has 0 fully saturated rings. The van der Waals surface area contributed by atoms with Gasteiger partial charge in [-0.25, -0.2) is 9.59 Å². The van der Waals surface area contributed by atoms with E-state index in [0.29, 0.717) is 43.5 Å². The van der Waals surface area contributed by atoms with E-state index in [2.05, 4.69) is 121 Å². The largest absolute Gasteiger partial charge is 0.464 e. The van der Waals surface area contributed by atoms with Gasteiger partial charge in [0.1, 0.15) is 12.2 Å². The molecule has 4 N–H and O–H groups in total. The number of rotatable bonds is 34. The van der Waals surface area contributed by atoms with Crippen molar-refractivity contribution in [3.8, 4) is 0 Å². The van der Waals surface area contributed by atoms with Gasteiger partial charge >= 0.3 is 11.9 Å². The van der Waals surface area contributed by atoms with Crippen LogP contribution >= 0.6 is 0 Å². The van der Waals surface area contributed by atoms with Gasteiger partial charge in [0.25, 0.3) is 0 Å². The van der Waals surface area contributed by atoms with Crippen LogP contribution in [0.15, 0.2) is 146 Å². The Bertz CT molecular complexity index is 1880. The maximum Gasteiger partial charge on any atom is 0.334 e. The minimum Gasteiger partial charge on any atom is -0.464 e. The highest BCUT2D eigenvalue weighted by molar-refractivity contribution is 5.74. The quantitative estimate of drug-likeness (QED) is 0.0207. The van der Waals surface area contributed by atoms with Gasteiger partial charge in [-0.2, -0.15) is 0 Å². The second-order valence-electron chi connectivity index (χ2n) is 18.1. The van der Waals surface area contributed by atoms with E-state index in [1.807, 2.05) is 24.3 Å². The standard InChI is InChI=1S/C33H46O6.C27H38O2/c1-26(34)32(36)38-24-15-14-22-29(28-17-10-6-11-18-28)16-8-4-3-5-9-21-31(30-19-12-7-13-20-30)23-25-39-33(37)27(2)35;28-22-13-12-20-25(24-15-8-4-9-16-24)14-6-2-1-3-7-19-27(21-23-29)26-17-10-5-11-18-26/h3-4,6-7,10-13,17-20,26-27,29,31,34-35H,5,8-9,14-16,21-25H2,1-2H3;1-2,4-5,8-11,15-18,25,27-29H,3,6-7,12-14,19-23H2/b4-3+;2-1+. The summed E-state index contributed by atoms with van der Waals surface area (Å²) < 4.78 is 10.3. The zero-order valence-corrected chi connectivity index (χ0v) is 41.3. The molecule has 68 heavy (non-hydrogen) atoms. The summed E-state index contributed by atoms with van der Waals surface area (Å²) in [4.78, 5) is 23.0. The average molecular weight is 933 g/mol. The lowest BCUT2D eigenvalue weighted by Gasteiger charge is -2.18. The molecule has 4 aromatic rings. The second-order valence-corrected chi connectivity index (χ2v) is 18.1. The van der Waals surface area contributed by atoms with Crippen LogP contribution in [0.25, 0.3) is 0 Å². The first-order valence-corrected chi connectivity index (χ1v) is 25.6. The minimum atomic E-state index is -1.09. The fourth-order valence-corrected chi connectivity index (χ4v) is 8.71. The van der Waals surface area contributed by atoms with Gasteiger partial charge in [0.2, 0.25) is 0 Å². The van der Waals surface area contributed by atoms with Crippen molar-refractivity contribution in [3.05, 3.63) is 168 Å². The smallest absolute Gasteiger partial charge is 0.334 e. The SMILES string of the molecule is CC(O)C(=O)OCCCCC(CC/C=C/CCCC(CCOC(=O)C(C)O)c1ccccc1)c1ccccc1.OCCCCC(CC/C=C/CCCC(CCO)c1ccccc1)c1ccccc1. The van der Waals surface area contributed by atoms with E-state index in [0.717, 1.165) is 109 Å². The summed E-state index contributed by atoms with van der Waals surface area (Å²) in [6, 6.07) is 42.3. The number of hydrogen-bond acceptors (Lipinski definition) is 8. The second kappa shape index (κ2) is 37.1. The van der Waals surface area contributed by atoms with Crippen molar-refractivity contribution in [1.82, 2.24) is 0 Å². The Labute approximate surface area is 409 Å². The highest BCUT2D eigenvalue weighted by Crippen LogP contribution is 2.30. The summed E-state index contributed by atoms with van der Waals surface area (Å²) >= 11 is 0. The van der Waals surface area contributed by atoms with Gasteiger partial charge in [0.05, 0.1) is 13.2 Å². The van der Waals surface area contributed by atoms with Crippen LogP contribution in [-0.4, -0.2) is 71.0 Å². The van der Waals surface area contributed by atoms with Gasteiger partial charge in [-0.3, -0.25) is 0 Å². The number of carbonyl (C=O) groups excluding carboxylic acids is 2. The number of hydrogen-bond donors (Lipinski definition) is 4. The van der Waals surface area contributed by atoms with Crippen LogP contribution in [0, 0.1) is 0 Å². The zero-order valence-electron chi connectivity index (χ0n) is 41.3. The molecule has 0 amide bonds. The van der Waals surface area contributed by atoms with E-state index in [1.165, 1.54) is 42.5 Å². The highest BCUT2D eigenvalue weighted by Gasteiger charge is 2.16. The number of allylic oxidation sites excluding steroid dienone is 4. The summed E-state index contributed by atoms with van der Waals surface area (Å²) in [5, 5.41) is 37.0. The molecule has 8 heteroatoms. The molecule has 6 unspecified atom stereocenters. The Morgan fingerprint density at radius 1 is 0.397 bits per heavy atom. The number of aliphatic hydroxyl groups is 4. The van der Waals surface area contributed by atoms with Crippen LogP contribution in [0.4, 0.5) is 0 Å². The van der Waals surface area contributed by atoms with Crippen molar-refractivity contribution in [2.24, 2.45) is 0 Å². The van der Waals surface area contributed by atoms with Gasteiger partial charge in [-0.05, 0) is 169 Å². The van der Waals surface area contributed by atoms with Crippen molar-refractivity contribution in [3.63, 3.8) is 0 Å². The van der Waals surface area contributed by atoms with Crippen LogP contribution < -0.4 is 0 Å². The number of benzene rings is 4. The molecule has 0 aliphatic rings. The molecule has 0 saturated heterocycles. The van der Waals surface area contributed by atoms with E-state index >= 15 is 0 Å². The van der Waals surface area contributed by atoms with Crippen LogP contribution in [-0.2, 0) is 19.1 Å². The lowest BCUT2D eigenvalue weighted by molar-refractivity contribution is -0.153. The first-order valence-electron chi connectivity index (χ1n) is 25.6. The third-order valence-corrected chi connectivity index (χ3v) is 12.6. The van der Waals surface area contributed by atoms with Gasteiger partial charge in [0, 0.05) is 13.2 Å². The van der Waals surface area contributed by atoms with Crippen LogP contribution in [0.5, 0.6) is 0 Å². The third-order valence-electron chi connectivity index (χ3n) is 12.6. The van der Waals surface area contributed by atoms with Crippen molar-refractivity contribution in [2.75, 3.05) is 26.4 Å². The molecule has 6 atom stereocenters. The van der Waals surface area contributed by atoms with Gasteiger partial charge in [-0.1, -0.05) is 152 Å². The van der Waals surface area contributed by atoms with Crippen LogP contribution in [0.3, 0.4) is 0 Å². The van der Waals surface area contributed by atoms with E-state index in [1.54, 1.807) is 0 Å². The molecular formula is C60H84O8. The Hall–Kier alpha value is -4.86. The maximum atomic E-state index is 11.6. The lowest BCUT2D eigenvalue weighted by Crippen LogP contribution is -2.20. The number of carbonyl (C=O) groups is 2. The maximum absolute atomic E-state index is 11.6. The highest BCUT2D eigenvalue weighted by atomic mass is 16.5. The molecule has 0 saturated carbocycles. The molecular weight excluding hydrogens is 849 g/mol. The Morgan fingerprint density at radius 2 is 0.735 bits per heavy atom. The van der Waals surface area contributed by atoms with E-state index in [-0.39, 0.29) is 6.61 Å². The van der Waals surface area contributed by atoms with Crippen LogP contribution in [0.2, 0.25) is 0 Å². The molecule has 8 nitrogen and oxygen atoms in total. The number of aliphatic hydroxyl groups excluding tert-OH is 4. The molecule has 0 bridgehead atoms. The average Bonchev–Trinajstić information content (AvgIpc) is 3.37. The summed E-state index contributed by atoms with van der Waals surface area (Å²) in [6.07, 6.45) is 25.4. The fraction of sp³-hybridized carbons (Fsp3) is 0.500. The summed E-state index contributed by atoms with van der Waals surface area (Å²) in [5.74, 6) is 0.676. The lowest BCUT2D eigenvalue weighted by atomic mass is 9.89. The van der Waals surface area contributed by atoms with E-state index < -0.39 is 24.1 Å². The summed E-state index contributed by atoms with van der Waals surface area (Å²) in [7, 11) is 0. The van der Waals surface area contributed by atoms with Gasteiger partial charge in [-0.15, -0.1) is 0 Å². The molecule has 0 aromatic heterocycles. The summed E-state index contributed by atoms with van der Waals surface area (Å²) in [5.41, 5.74) is 5.36. The number of unbranched alkanes of at least 4 members (excludes halogenated alkanes) is 4. The molecule has 0 aliphatic carbocycles. The van der Waals surface area contributed by atoms with Crippen LogP contribution in [0.1, 0.15) is 175 Å². The van der Waals surface area contributed by atoms with Gasteiger partial charge < -0.3 is 29.9 Å². The molecule has 0 aliphatic heterocycles. The van der Waals surface area contributed by atoms with E-state index in [9.17, 15) is 24.9 Å². The normalized spacial score (nSPS) is 14.1. The topological polar surface area (TPSA) is 134 Å². The molecule has 4 aromatic carbocycles.